The Labute approximate surface area is 223 Å². The molecule has 0 spiro atoms. The molecule has 5 rings (SSSR count). The van der Waals surface area contributed by atoms with Crippen molar-refractivity contribution < 1.29 is 9.59 Å². The van der Waals surface area contributed by atoms with Gasteiger partial charge in [-0.15, -0.1) is 23.5 Å². The van der Waals surface area contributed by atoms with Crippen LogP contribution in [0.4, 0.5) is 11.4 Å². The number of aromatic nitrogens is 2. The summed E-state index contributed by atoms with van der Waals surface area (Å²) in [5.41, 5.74) is 5.10. The topological polar surface area (TPSA) is 86.9 Å². The van der Waals surface area contributed by atoms with E-state index in [2.05, 4.69) is 20.6 Å². The van der Waals surface area contributed by atoms with Crippen molar-refractivity contribution in [2.45, 2.75) is 9.79 Å². The minimum absolute atomic E-state index is 0.154. The molecule has 0 aliphatic rings. The summed E-state index contributed by atoms with van der Waals surface area (Å²) in [6, 6.07) is 28.1. The Kier molecular flexibility index (Phi) is 7.30. The van der Waals surface area contributed by atoms with Gasteiger partial charge in [-0.1, -0.05) is 0 Å². The van der Waals surface area contributed by atoms with Crippen LogP contribution < -0.4 is 10.6 Å². The molecule has 0 aliphatic heterocycles. The average molecular weight is 525 g/mol. The van der Waals surface area contributed by atoms with E-state index in [1.54, 1.807) is 23.5 Å². The molecule has 6 nitrogen and oxygen atoms in total. The van der Waals surface area contributed by atoms with E-state index in [1.165, 1.54) is 0 Å². The zero-order valence-electron chi connectivity index (χ0n) is 20.2. The molecule has 0 saturated heterocycles. The van der Waals surface area contributed by atoms with Crippen molar-refractivity contribution in [3.8, 4) is 11.4 Å². The van der Waals surface area contributed by atoms with Crippen LogP contribution >= 0.6 is 23.5 Å². The predicted molar refractivity (Wildman–Crippen MR) is 154 cm³/mol. The van der Waals surface area contributed by atoms with Crippen LogP contribution in [0.2, 0.25) is 0 Å². The maximum atomic E-state index is 12.6. The SMILES string of the molecule is CSc1ccc(C(=O)Nc2ccc(-c3nc4ccc(NC(=O)c5ccc(SC)cc5)cc4[nH]3)cc2)cc1. The highest BCUT2D eigenvalue weighted by molar-refractivity contribution is 7.98. The van der Waals surface area contributed by atoms with Gasteiger partial charge in [0.15, 0.2) is 0 Å². The minimum Gasteiger partial charge on any atom is -0.338 e. The third kappa shape index (κ3) is 5.71. The van der Waals surface area contributed by atoms with Crippen LogP contribution in [-0.4, -0.2) is 34.3 Å². The third-order valence-electron chi connectivity index (χ3n) is 5.86. The number of fused-ring (bicyclic) bond motifs is 1. The molecule has 1 heterocycles. The first kappa shape index (κ1) is 24.7. The second-order valence-corrected chi connectivity index (χ2v) is 10.0. The van der Waals surface area contributed by atoms with E-state index in [0.717, 1.165) is 26.4 Å². The molecular formula is C29H24N4O2S2. The van der Waals surface area contributed by atoms with Gasteiger partial charge in [0.2, 0.25) is 0 Å². The number of hydrogen-bond donors (Lipinski definition) is 3. The second kappa shape index (κ2) is 10.9. The van der Waals surface area contributed by atoms with Crippen LogP contribution in [-0.2, 0) is 0 Å². The number of imidazole rings is 1. The molecular weight excluding hydrogens is 500 g/mol. The molecule has 2 amide bonds. The number of carbonyl (C=O) groups excluding carboxylic acids is 2. The van der Waals surface area contributed by atoms with Crippen LogP contribution in [0, 0.1) is 0 Å². The quantitative estimate of drug-likeness (QED) is 0.196. The standard InChI is InChI=1S/C29H24N4O2S2/c1-36-23-12-5-19(6-13-23)28(34)30-21-9-3-18(4-10-21)27-32-25-16-11-22(17-26(25)33-27)31-29(35)20-7-14-24(37-2)15-8-20/h3-17H,1-2H3,(H,30,34)(H,31,35)(H,32,33). The van der Waals surface area contributed by atoms with Crippen molar-refractivity contribution in [3.63, 3.8) is 0 Å². The van der Waals surface area contributed by atoms with Gasteiger partial charge in [0.05, 0.1) is 11.0 Å². The van der Waals surface area contributed by atoms with Gasteiger partial charge in [-0.25, -0.2) is 4.98 Å². The lowest BCUT2D eigenvalue weighted by Gasteiger charge is -2.06. The molecule has 0 fully saturated rings. The number of carbonyl (C=O) groups is 2. The highest BCUT2D eigenvalue weighted by atomic mass is 32.2. The number of thioether (sulfide) groups is 2. The largest absolute Gasteiger partial charge is 0.338 e. The van der Waals surface area contributed by atoms with Crippen LogP contribution in [0.15, 0.2) is 101 Å². The molecule has 0 aliphatic carbocycles. The van der Waals surface area contributed by atoms with Crippen molar-refractivity contribution >= 4 is 57.7 Å². The summed E-state index contributed by atoms with van der Waals surface area (Å²) in [6.45, 7) is 0. The lowest BCUT2D eigenvalue weighted by Crippen LogP contribution is -2.11. The Balaban J connectivity index is 1.27. The van der Waals surface area contributed by atoms with Gasteiger partial charge < -0.3 is 15.6 Å². The highest BCUT2D eigenvalue weighted by Gasteiger charge is 2.11. The van der Waals surface area contributed by atoms with Crippen molar-refractivity contribution in [3.05, 3.63) is 102 Å². The zero-order valence-corrected chi connectivity index (χ0v) is 21.9. The Morgan fingerprint density at radius 1 is 0.676 bits per heavy atom. The summed E-state index contributed by atoms with van der Waals surface area (Å²) in [4.78, 5) is 35.4. The van der Waals surface area contributed by atoms with Gasteiger partial charge in [-0.05, 0) is 104 Å². The summed E-state index contributed by atoms with van der Waals surface area (Å²) >= 11 is 3.27. The number of rotatable bonds is 7. The zero-order chi connectivity index (χ0) is 25.8. The van der Waals surface area contributed by atoms with E-state index in [4.69, 9.17) is 0 Å². The number of aromatic amines is 1. The molecule has 4 aromatic carbocycles. The monoisotopic (exact) mass is 524 g/mol. The Bertz CT molecular complexity index is 1560. The number of nitrogens with zero attached hydrogens (tertiary/aromatic N) is 1. The average Bonchev–Trinajstić information content (AvgIpc) is 3.37. The molecule has 0 bridgehead atoms. The summed E-state index contributed by atoms with van der Waals surface area (Å²) in [5.74, 6) is 0.389. The van der Waals surface area contributed by atoms with Gasteiger partial charge in [0.25, 0.3) is 11.8 Å². The number of hydrogen-bond acceptors (Lipinski definition) is 5. The maximum absolute atomic E-state index is 12.6. The number of anilines is 2. The van der Waals surface area contributed by atoms with Crippen molar-refractivity contribution in [2.75, 3.05) is 23.1 Å². The molecule has 3 N–H and O–H groups in total. The fourth-order valence-corrected chi connectivity index (χ4v) is 4.64. The fraction of sp³-hybridized carbons (Fsp3) is 0.0690. The molecule has 1 aromatic heterocycles. The maximum Gasteiger partial charge on any atom is 0.255 e. The number of nitrogens with one attached hydrogen (secondary N) is 3. The smallest absolute Gasteiger partial charge is 0.255 e. The third-order valence-corrected chi connectivity index (χ3v) is 7.35. The van der Waals surface area contributed by atoms with Gasteiger partial charge in [-0.2, -0.15) is 0 Å². The predicted octanol–water partition coefficient (Wildman–Crippen LogP) is 7.18. The van der Waals surface area contributed by atoms with Gasteiger partial charge in [0, 0.05) is 37.9 Å². The first-order valence-electron chi connectivity index (χ1n) is 11.5. The van der Waals surface area contributed by atoms with Crippen LogP contribution in [0.25, 0.3) is 22.4 Å². The molecule has 0 atom stereocenters. The molecule has 8 heteroatoms. The van der Waals surface area contributed by atoms with E-state index in [-0.39, 0.29) is 11.8 Å². The Morgan fingerprint density at radius 2 is 1.19 bits per heavy atom. The van der Waals surface area contributed by atoms with E-state index < -0.39 is 0 Å². The van der Waals surface area contributed by atoms with Gasteiger partial charge >= 0.3 is 0 Å². The number of H-pyrrole nitrogens is 1. The lowest BCUT2D eigenvalue weighted by molar-refractivity contribution is 0.101. The normalized spacial score (nSPS) is 10.9. The Hall–Kier alpha value is -4.01. The fourth-order valence-electron chi connectivity index (χ4n) is 3.83. The van der Waals surface area contributed by atoms with E-state index in [1.807, 2.05) is 104 Å². The molecule has 5 aromatic rings. The summed E-state index contributed by atoms with van der Waals surface area (Å²) in [6.07, 6.45) is 4.00. The van der Waals surface area contributed by atoms with Crippen LogP contribution in [0.1, 0.15) is 20.7 Å². The summed E-state index contributed by atoms with van der Waals surface area (Å²) in [7, 11) is 0. The first-order chi connectivity index (χ1) is 18.0. The van der Waals surface area contributed by atoms with Crippen LogP contribution in [0.3, 0.4) is 0 Å². The van der Waals surface area contributed by atoms with Crippen LogP contribution in [0.5, 0.6) is 0 Å². The molecule has 0 unspecified atom stereocenters. The second-order valence-electron chi connectivity index (χ2n) is 8.26. The number of benzene rings is 4. The molecule has 0 saturated carbocycles. The highest BCUT2D eigenvalue weighted by Crippen LogP contribution is 2.25. The molecule has 37 heavy (non-hydrogen) atoms. The summed E-state index contributed by atoms with van der Waals surface area (Å²) < 4.78 is 0. The minimum atomic E-state index is -0.162. The van der Waals surface area contributed by atoms with E-state index in [0.29, 0.717) is 28.3 Å². The van der Waals surface area contributed by atoms with Crippen molar-refractivity contribution in [1.82, 2.24) is 9.97 Å². The molecule has 184 valence electrons. The Morgan fingerprint density at radius 3 is 1.73 bits per heavy atom. The van der Waals surface area contributed by atoms with Crippen molar-refractivity contribution in [2.24, 2.45) is 0 Å². The van der Waals surface area contributed by atoms with E-state index >= 15 is 0 Å². The van der Waals surface area contributed by atoms with E-state index in [9.17, 15) is 9.59 Å². The lowest BCUT2D eigenvalue weighted by atomic mass is 10.1. The number of amides is 2. The van der Waals surface area contributed by atoms with Crippen molar-refractivity contribution in [1.29, 1.82) is 0 Å². The summed E-state index contributed by atoms with van der Waals surface area (Å²) in [5, 5.41) is 5.88. The first-order valence-corrected chi connectivity index (χ1v) is 14.0. The molecule has 0 radical (unpaired) electrons. The van der Waals surface area contributed by atoms with Gasteiger partial charge in [-0.3, -0.25) is 9.59 Å². The van der Waals surface area contributed by atoms with Gasteiger partial charge in [0.1, 0.15) is 5.82 Å².